The average Bonchev–Trinajstić information content (AvgIpc) is 3.43. The molecule has 3 aromatic rings. The fourth-order valence-corrected chi connectivity index (χ4v) is 4.01. The molecule has 29 heavy (non-hydrogen) atoms. The predicted molar refractivity (Wildman–Crippen MR) is 113 cm³/mol. The summed E-state index contributed by atoms with van der Waals surface area (Å²) in [4.78, 5) is 25.3. The highest BCUT2D eigenvalue weighted by atomic mass is 35.5. The zero-order valence-corrected chi connectivity index (χ0v) is 16.5. The number of halogens is 1. The van der Waals surface area contributed by atoms with Crippen LogP contribution in [0.4, 0.5) is 11.4 Å². The van der Waals surface area contributed by atoms with E-state index in [4.69, 9.17) is 16.0 Å². The van der Waals surface area contributed by atoms with Gasteiger partial charge >= 0.3 is 0 Å². The van der Waals surface area contributed by atoms with Crippen LogP contribution in [0, 0.1) is 0 Å². The van der Waals surface area contributed by atoms with Gasteiger partial charge in [0.15, 0.2) is 5.76 Å². The molecule has 2 amide bonds. The molecule has 1 aliphatic rings. The Labute approximate surface area is 174 Å². The molecule has 4 rings (SSSR count). The van der Waals surface area contributed by atoms with Crippen molar-refractivity contribution in [3.05, 3.63) is 83.3 Å². The number of furan rings is 1. The quantitative estimate of drug-likeness (QED) is 0.574. The first-order valence-electron chi connectivity index (χ1n) is 9.59. The van der Waals surface area contributed by atoms with E-state index in [0.29, 0.717) is 16.4 Å². The van der Waals surface area contributed by atoms with Crippen LogP contribution in [0.2, 0.25) is 5.02 Å². The summed E-state index contributed by atoms with van der Waals surface area (Å²) in [6, 6.07) is 17.9. The van der Waals surface area contributed by atoms with Crippen LogP contribution in [0.15, 0.2) is 71.3 Å². The van der Waals surface area contributed by atoms with E-state index in [1.165, 1.54) is 6.26 Å². The van der Waals surface area contributed by atoms with Crippen molar-refractivity contribution >= 4 is 34.8 Å². The van der Waals surface area contributed by atoms with Crippen molar-refractivity contribution in [1.29, 1.82) is 0 Å². The molecule has 0 saturated heterocycles. The zero-order valence-electron chi connectivity index (χ0n) is 15.8. The summed E-state index contributed by atoms with van der Waals surface area (Å²) in [5.41, 5.74) is 1.78. The number of amides is 2. The minimum Gasteiger partial charge on any atom is -0.459 e. The maximum Gasteiger partial charge on any atom is 0.291 e. The summed E-state index contributed by atoms with van der Waals surface area (Å²) in [5, 5.41) is 6.46. The summed E-state index contributed by atoms with van der Waals surface area (Å²) < 4.78 is 5.08. The second-order valence-corrected chi connectivity index (χ2v) is 7.70. The van der Waals surface area contributed by atoms with Crippen molar-refractivity contribution < 1.29 is 14.0 Å². The molecule has 1 aliphatic carbocycles. The number of nitrogens with one attached hydrogen (secondary N) is 2. The largest absolute Gasteiger partial charge is 0.459 e. The number of benzene rings is 2. The minimum absolute atomic E-state index is 0.00954. The molecule has 6 heteroatoms. The summed E-state index contributed by atoms with van der Waals surface area (Å²) in [7, 11) is 0. The van der Waals surface area contributed by atoms with E-state index in [9.17, 15) is 9.59 Å². The Kier molecular flexibility index (Phi) is 5.41. The van der Waals surface area contributed by atoms with Gasteiger partial charge in [0.2, 0.25) is 5.91 Å². The van der Waals surface area contributed by atoms with E-state index in [1.807, 2.05) is 24.3 Å². The first kappa shape index (κ1) is 19.3. The van der Waals surface area contributed by atoms with E-state index in [2.05, 4.69) is 10.6 Å². The molecule has 2 N–H and O–H groups in total. The van der Waals surface area contributed by atoms with Gasteiger partial charge in [-0.1, -0.05) is 36.6 Å². The number of hydrogen-bond donors (Lipinski definition) is 2. The molecular weight excluding hydrogens is 388 g/mol. The topological polar surface area (TPSA) is 71.3 Å². The van der Waals surface area contributed by atoms with Crippen LogP contribution in [0.5, 0.6) is 0 Å². The van der Waals surface area contributed by atoms with Crippen LogP contribution >= 0.6 is 11.6 Å². The maximum atomic E-state index is 13.2. The Morgan fingerprint density at radius 3 is 2.07 bits per heavy atom. The van der Waals surface area contributed by atoms with E-state index in [1.54, 1.807) is 36.4 Å². The third kappa shape index (κ3) is 4.05. The highest BCUT2D eigenvalue weighted by Gasteiger charge is 2.42. The normalized spacial score (nSPS) is 15.1. The summed E-state index contributed by atoms with van der Waals surface area (Å²) >= 11 is 6.02. The van der Waals surface area contributed by atoms with Gasteiger partial charge in [-0.25, -0.2) is 0 Å². The summed E-state index contributed by atoms with van der Waals surface area (Å²) in [6.07, 6.45) is 5.13. The molecule has 0 aliphatic heterocycles. The van der Waals surface area contributed by atoms with Crippen LogP contribution in [-0.2, 0) is 10.2 Å². The smallest absolute Gasteiger partial charge is 0.291 e. The van der Waals surface area contributed by atoms with Crippen molar-refractivity contribution in [1.82, 2.24) is 0 Å². The van der Waals surface area contributed by atoms with Crippen molar-refractivity contribution in [2.45, 2.75) is 31.1 Å². The van der Waals surface area contributed by atoms with Crippen LogP contribution in [0.25, 0.3) is 0 Å². The molecular formula is C23H21ClN2O3. The predicted octanol–water partition coefficient (Wildman–Crippen LogP) is 5.64. The summed E-state index contributed by atoms with van der Waals surface area (Å²) in [6.45, 7) is 0. The van der Waals surface area contributed by atoms with E-state index >= 15 is 0 Å². The number of carbonyl (C=O) groups excluding carboxylic acids is 2. The Morgan fingerprint density at radius 2 is 1.48 bits per heavy atom. The van der Waals surface area contributed by atoms with Gasteiger partial charge < -0.3 is 15.1 Å². The van der Waals surface area contributed by atoms with Gasteiger partial charge in [0, 0.05) is 16.4 Å². The first-order valence-corrected chi connectivity index (χ1v) is 9.97. The molecule has 0 radical (unpaired) electrons. The van der Waals surface area contributed by atoms with Gasteiger partial charge in [-0.2, -0.15) is 0 Å². The third-order valence-electron chi connectivity index (χ3n) is 5.43. The SMILES string of the molecule is O=C(Nc1ccc(NC(=O)C2(c3ccc(Cl)cc3)CCCC2)cc1)c1ccco1. The molecule has 1 saturated carbocycles. The minimum atomic E-state index is -0.531. The molecule has 5 nitrogen and oxygen atoms in total. The van der Waals surface area contributed by atoms with Gasteiger partial charge in [0.1, 0.15) is 0 Å². The van der Waals surface area contributed by atoms with Crippen molar-refractivity contribution in [2.75, 3.05) is 10.6 Å². The van der Waals surface area contributed by atoms with E-state index < -0.39 is 5.41 Å². The van der Waals surface area contributed by atoms with Gasteiger partial charge in [0.25, 0.3) is 5.91 Å². The Morgan fingerprint density at radius 1 is 0.862 bits per heavy atom. The Balaban J connectivity index is 1.47. The fraction of sp³-hybridized carbons (Fsp3) is 0.217. The van der Waals surface area contributed by atoms with E-state index in [0.717, 1.165) is 31.2 Å². The molecule has 0 unspecified atom stereocenters. The average molecular weight is 409 g/mol. The molecule has 1 aromatic heterocycles. The number of carbonyl (C=O) groups is 2. The van der Waals surface area contributed by atoms with Gasteiger partial charge in [0.05, 0.1) is 11.7 Å². The highest BCUT2D eigenvalue weighted by molar-refractivity contribution is 6.30. The molecule has 2 aromatic carbocycles. The number of anilines is 2. The van der Waals surface area contributed by atoms with Crippen LogP contribution in [-0.4, -0.2) is 11.8 Å². The second kappa shape index (κ2) is 8.13. The Bertz CT molecular complexity index is 990. The van der Waals surface area contributed by atoms with Crippen LogP contribution < -0.4 is 10.6 Å². The maximum absolute atomic E-state index is 13.2. The lowest BCUT2D eigenvalue weighted by molar-refractivity contribution is -0.121. The summed E-state index contributed by atoms with van der Waals surface area (Å²) in [5.74, 6) is -0.0855. The molecule has 0 atom stereocenters. The van der Waals surface area contributed by atoms with Crippen LogP contribution in [0.3, 0.4) is 0 Å². The molecule has 0 bridgehead atoms. The standard InChI is InChI=1S/C23H21ClN2O3/c24-17-7-5-16(6-8-17)23(13-1-2-14-23)22(28)26-19-11-9-18(10-12-19)25-21(27)20-4-3-15-29-20/h3-12,15H,1-2,13-14H2,(H,25,27)(H,26,28). The molecule has 1 heterocycles. The lowest BCUT2D eigenvalue weighted by Gasteiger charge is -2.28. The van der Waals surface area contributed by atoms with Crippen molar-refractivity contribution in [3.63, 3.8) is 0 Å². The highest BCUT2D eigenvalue weighted by Crippen LogP contribution is 2.42. The molecule has 1 fully saturated rings. The van der Waals surface area contributed by atoms with Gasteiger partial charge in [-0.05, 0) is 66.9 Å². The monoisotopic (exact) mass is 408 g/mol. The second-order valence-electron chi connectivity index (χ2n) is 7.26. The lowest BCUT2D eigenvalue weighted by atomic mass is 9.78. The zero-order chi connectivity index (χ0) is 20.3. The third-order valence-corrected chi connectivity index (χ3v) is 5.69. The van der Waals surface area contributed by atoms with Crippen molar-refractivity contribution in [3.8, 4) is 0 Å². The van der Waals surface area contributed by atoms with Gasteiger partial charge in [-0.3, -0.25) is 9.59 Å². The lowest BCUT2D eigenvalue weighted by Crippen LogP contribution is -2.37. The van der Waals surface area contributed by atoms with Gasteiger partial charge in [-0.15, -0.1) is 0 Å². The molecule has 148 valence electrons. The number of rotatable bonds is 5. The number of hydrogen-bond acceptors (Lipinski definition) is 3. The Hall–Kier alpha value is -3.05. The van der Waals surface area contributed by atoms with E-state index in [-0.39, 0.29) is 17.6 Å². The molecule has 0 spiro atoms. The fourth-order valence-electron chi connectivity index (χ4n) is 3.88. The van der Waals surface area contributed by atoms with Crippen LogP contribution in [0.1, 0.15) is 41.8 Å². The van der Waals surface area contributed by atoms with Crippen molar-refractivity contribution in [2.24, 2.45) is 0 Å². The first-order chi connectivity index (χ1) is 14.1.